The summed E-state index contributed by atoms with van der Waals surface area (Å²) in [6.45, 7) is 2.08. The molecule has 1 saturated carbocycles. The second-order valence-corrected chi connectivity index (χ2v) is 5.10. The Bertz CT molecular complexity index is 391. The molecular formula is C12H14BrF2N. The molecule has 4 heteroatoms. The van der Waals surface area contributed by atoms with E-state index in [1.807, 2.05) is 0 Å². The Morgan fingerprint density at radius 2 is 2.06 bits per heavy atom. The third-order valence-corrected chi connectivity index (χ3v) is 3.59. The van der Waals surface area contributed by atoms with Gasteiger partial charge >= 0.3 is 0 Å². The van der Waals surface area contributed by atoms with Gasteiger partial charge in [-0.2, -0.15) is 0 Å². The van der Waals surface area contributed by atoms with Crippen molar-refractivity contribution in [3.8, 4) is 0 Å². The molecule has 0 spiro atoms. The molecule has 1 nitrogen and oxygen atoms in total. The minimum absolute atomic E-state index is 0.294. The van der Waals surface area contributed by atoms with E-state index in [9.17, 15) is 8.78 Å². The molecule has 88 valence electrons. The van der Waals surface area contributed by atoms with Crippen LogP contribution in [0.3, 0.4) is 0 Å². The van der Waals surface area contributed by atoms with Gasteiger partial charge in [-0.3, -0.25) is 0 Å². The Hall–Kier alpha value is -0.640. The highest BCUT2D eigenvalue weighted by Gasteiger charge is 2.30. The summed E-state index contributed by atoms with van der Waals surface area (Å²) in [5.74, 6) is -0.449. The van der Waals surface area contributed by atoms with Crippen molar-refractivity contribution in [2.45, 2.75) is 32.2 Å². The number of nitrogens with one attached hydrogen (secondary N) is 1. The molecule has 2 rings (SSSR count). The van der Waals surface area contributed by atoms with Gasteiger partial charge in [-0.15, -0.1) is 0 Å². The molecule has 0 amide bonds. The SMILES string of the molecule is CCC(Nc1cc(Br)c(F)cc1F)C1CC1. The van der Waals surface area contributed by atoms with E-state index in [1.54, 1.807) is 0 Å². The Kier molecular flexibility index (Phi) is 3.47. The quantitative estimate of drug-likeness (QED) is 0.814. The van der Waals surface area contributed by atoms with Gasteiger partial charge in [-0.05, 0) is 47.2 Å². The zero-order valence-corrected chi connectivity index (χ0v) is 10.7. The van der Waals surface area contributed by atoms with Gasteiger partial charge in [0.25, 0.3) is 0 Å². The van der Waals surface area contributed by atoms with Crippen molar-refractivity contribution < 1.29 is 8.78 Å². The monoisotopic (exact) mass is 289 g/mol. The number of hydrogen-bond acceptors (Lipinski definition) is 1. The lowest BCUT2D eigenvalue weighted by Crippen LogP contribution is -2.21. The van der Waals surface area contributed by atoms with Crippen molar-refractivity contribution in [2.24, 2.45) is 5.92 Å². The fraction of sp³-hybridized carbons (Fsp3) is 0.500. The van der Waals surface area contributed by atoms with Gasteiger partial charge in [0.05, 0.1) is 10.2 Å². The first-order valence-corrected chi connectivity index (χ1v) is 6.32. The molecule has 1 atom stereocenters. The summed E-state index contributed by atoms with van der Waals surface area (Å²) in [7, 11) is 0. The number of rotatable bonds is 4. The van der Waals surface area contributed by atoms with Gasteiger partial charge in [-0.25, -0.2) is 8.78 Å². The summed E-state index contributed by atoms with van der Waals surface area (Å²) in [4.78, 5) is 0. The molecule has 1 N–H and O–H groups in total. The molecule has 0 bridgehead atoms. The van der Waals surface area contributed by atoms with Crippen LogP contribution in [-0.4, -0.2) is 6.04 Å². The maximum absolute atomic E-state index is 13.5. The zero-order valence-electron chi connectivity index (χ0n) is 9.06. The molecule has 0 heterocycles. The number of halogens is 3. The van der Waals surface area contributed by atoms with Crippen LogP contribution in [0.2, 0.25) is 0 Å². The van der Waals surface area contributed by atoms with Gasteiger partial charge in [-0.1, -0.05) is 6.92 Å². The van der Waals surface area contributed by atoms with Crippen molar-refractivity contribution >= 4 is 21.6 Å². The molecule has 1 aromatic rings. The standard InChI is InChI=1S/C12H14BrF2N/c1-2-11(7-3-4-7)16-12-5-8(13)9(14)6-10(12)15/h5-7,11,16H,2-4H2,1H3. The Labute approximate surface area is 102 Å². The van der Waals surface area contributed by atoms with E-state index in [4.69, 9.17) is 0 Å². The molecule has 1 aromatic carbocycles. The Balaban J connectivity index is 2.16. The smallest absolute Gasteiger partial charge is 0.149 e. The van der Waals surface area contributed by atoms with Crippen LogP contribution >= 0.6 is 15.9 Å². The van der Waals surface area contributed by atoms with E-state index in [0.717, 1.165) is 12.5 Å². The minimum atomic E-state index is -0.567. The third-order valence-electron chi connectivity index (χ3n) is 2.98. The summed E-state index contributed by atoms with van der Waals surface area (Å²) in [6, 6.07) is 2.67. The van der Waals surface area contributed by atoms with E-state index < -0.39 is 11.6 Å². The fourth-order valence-corrected chi connectivity index (χ4v) is 2.23. The van der Waals surface area contributed by atoms with Crippen LogP contribution in [0.5, 0.6) is 0 Å². The topological polar surface area (TPSA) is 12.0 Å². The molecule has 0 saturated heterocycles. The molecule has 1 aliphatic carbocycles. The van der Waals surface area contributed by atoms with Crippen LogP contribution in [0.15, 0.2) is 16.6 Å². The van der Waals surface area contributed by atoms with Gasteiger partial charge in [0.15, 0.2) is 0 Å². The van der Waals surface area contributed by atoms with E-state index in [-0.39, 0.29) is 0 Å². The van der Waals surface area contributed by atoms with Crippen molar-refractivity contribution in [1.29, 1.82) is 0 Å². The first kappa shape index (κ1) is 11.8. The lowest BCUT2D eigenvalue weighted by molar-refractivity contribution is 0.570. The predicted octanol–water partition coefficient (Wildman–Crippen LogP) is 4.33. The highest BCUT2D eigenvalue weighted by Crippen LogP contribution is 2.36. The predicted molar refractivity (Wildman–Crippen MR) is 64.5 cm³/mol. The van der Waals surface area contributed by atoms with E-state index >= 15 is 0 Å². The maximum Gasteiger partial charge on any atom is 0.149 e. The highest BCUT2D eigenvalue weighted by atomic mass is 79.9. The van der Waals surface area contributed by atoms with E-state index in [1.165, 1.54) is 18.9 Å². The fourth-order valence-electron chi connectivity index (χ4n) is 1.88. The van der Waals surface area contributed by atoms with Gasteiger partial charge in [0.2, 0.25) is 0 Å². The maximum atomic E-state index is 13.5. The highest BCUT2D eigenvalue weighted by molar-refractivity contribution is 9.10. The van der Waals surface area contributed by atoms with Crippen molar-refractivity contribution in [1.82, 2.24) is 0 Å². The van der Waals surface area contributed by atoms with Crippen molar-refractivity contribution in [3.63, 3.8) is 0 Å². The Morgan fingerprint density at radius 3 is 2.62 bits per heavy atom. The summed E-state index contributed by atoms with van der Waals surface area (Å²) >= 11 is 3.06. The molecule has 0 aliphatic heterocycles. The summed E-state index contributed by atoms with van der Waals surface area (Å²) in [6.07, 6.45) is 3.37. The molecule has 0 aromatic heterocycles. The lowest BCUT2D eigenvalue weighted by atomic mass is 10.1. The van der Waals surface area contributed by atoms with Crippen LogP contribution in [0.25, 0.3) is 0 Å². The largest absolute Gasteiger partial charge is 0.380 e. The van der Waals surface area contributed by atoms with E-state index in [0.29, 0.717) is 22.1 Å². The average Bonchev–Trinajstić information content (AvgIpc) is 3.05. The molecular weight excluding hydrogens is 276 g/mol. The lowest BCUT2D eigenvalue weighted by Gasteiger charge is -2.18. The van der Waals surface area contributed by atoms with Gasteiger partial charge in [0.1, 0.15) is 11.6 Å². The number of anilines is 1. The molecule has 0 radical (unpaired) electrons. The van der Waals surface area contributed by atoms with Crippen LogP contribution < -0.4 is 5.32 Å². The second-order valence-electron chi connectivity index (χ2n) is 4.24. The zero-order chi connectivity index (χ0) is 11.7. The van der Waals surface area contributed by atoms with E-state index in [2.05, 4.69) is 28.2 Å². The second kappa shape index (κ2) is 4.70. The van der Waals surface area contributed by atoms with Crippen LogP contribution in [-0.2, 0) is 0 Å². The van der Waals surface area contributed by atoms with Crippen LogP contribution in [0, 0.1) is 17.6 Å². The first-order chi connectivity index (χ1) is 7.61. The third kappa shape index (κ3) is 2.54. The first-order valence-electron chi connectivity index (χ1n) is 5.53. The summed E-state index contributed by atoms with van der Waals surface area (Å²) in [5.41, 5.74) is 0.382. The van der Waals surface area contributed by atoms with Gasteiger partial charge in [0, 0.05) is 12.1 Å². The molecule has 1 unspecified atom stereocenters. The Morgan fingerprint density at radius 1 is 1.38 bits per heavy atom. The van der Waals surface area contributed by atoms with Crippen LogP contribution in [0.1, 0.15) is 26.2 Å². The van der Waals surface area contributed by atoms with Crippen molar-refractivity contribution in [2.75, 3.05) is 5.32 Å². The van der Waals surface area contributed by atoms with Gasteiger partial charge < -0.3 is 5.32 Å². The molecule has 16 heavy (non-hydrogen) atoms. The summed E-state index contributed by atoms with van der Waals surface area (Å²) < 4.78 is 26.8. The number of hydrogen-bond donors (Lipinski definition) is 1. The van der Waals surface area contributed by atoms with Crippen LogP contribution in [0.4, 0.5) is 14.5 Å². The normalized spacial score (nSPS) is 17.2. The number of benzene rings is 1. The average molecular weight is 290 g/mol. The molecule has 1 fully saturated rings. The minimum Gasteiger partial charge on any atom is -0.380 e. The summed E-state index contributed by atoms with van der Waals surface area (Å²) in [5, 5.41) is 3.16. The molecule has 1 aliphatic rings. The van der Waals surface area contributed by atoms with Crippen molar-refractivity contribution in [3.05, 3.63) is 28.2 Å².